The second-order valence-electron chi connectivity index (χ2n) is 12.2. The van der Waals surface area contributed by atoms with Crippen LogP contribution in [0.3, 0.4) is 0 Å². The zero-order valence-corrected chi connectivity index (χ0v) is 22.8. The van der Waals surface area contributed by atoms with Crippen LogP contribution in [0.5, 0.6) is 5.75 Å². The Bertz CT molecular complexity index is 1120. The van der Waals surface area contributed by atoms with Crippen LogP contribution in [-0.4, -0.2) is 29.4 Å². The summed E-state index contributed by atoms with van der Waals surface area (Å²) >= 11 is 0. The Morgan fingerprint density at radius 3 is 2.18 bits per heavy atom. The molecule has 0 radical (unpaired) electrons. The van der Waals surface area contributed by atoms with E-state index in [9.17, 15) is 23.1 Å². The number of rotatable bonds is 6. The number of halogens is 3. The van der Waals surface area contributed by atoms with E-state index in [1.54, 1.807) is 26.8 Å². The van der Waals surface area contributed by atoms with Gasteiger partial charge >= 0.3 is 12.3 Å². The number of alkyl carbamates (subject to hydrolysis) is 1. The normalized spacial score (nSPS) is 22.7. The maximum atomic E-state index is 14.3. The van der Waals surface area contributed by atoms with Crippen LogP contribution < -0.4 is 10.1 Å². The Balaban J connectivity index is 1.51. The molecule has 2 saturated carbocycles. The van der Waals surface area contributed by atoms with Crippen molar-refractivity contribution in [1.29, 1.82) is 0 Å². The summed E-state index contributed by atoms with van der Waals surface area (Å²) in [4.78, 5) is 12.0. The van der Waals surface area contributed by atoms with Crippen LogP contribution >= 0.6 is 0 Å². The molecule has 38 heavy (non-hydrogen) atoms. The van der Waals surface area contributed by atoms with Crippen molar-refractivity contribution in [2.75, 3.05) is 6.54 Å². The molecule has 0 bridgehead atoms. The van der Waals surface area contributed by atoms with Gasteiger partial charge in [0.1, 0.15) is 22.5 Å². The van der Waals surface area contributed by atoms with Gasteiger partial charge in [-0.15, -0.1) is 0 Å². The number of hydrogen-bond donors (Lipinski definition) is 2. The number of aliphatic hydroxyl groups is 1. The Labute approximate surface area is 223 Å². The molecule has 2 aromatic carbocycles. The molecule has 1 unspecified atom stereocenters. The predicted octanol–water partition coefficient (Wildman–Crippen LogP) is 7.72. The number of hydrogen-bond acceptors (Lipinski definition) is 4. The monoisotopic (exact) mass is 535 g/mol. The minimum Gasteiger partial charge on any atom is -0.490 e. The highest BCUT2D eigenvalue weighted by Gasteiger charge is 2.38. The van der Waals surface area contributed by atoms with Crippen LogP contribution in [-0.2, 0) is 16.5 Å². The van der Waals surface area contributed by atoms with Gasteiger partial charge in [0, 0.05) is 0 Å². The van der Waals surface area contributed by atoms with Gasteiger partial charge in [-0.3, -0.25) is 0 Å². The number of alkyl halides is 3. The van der Waals surface area contributed by atoms with Gasteiger partial charge in [0.2, 0.25) is 0 Å². The van der Waals surface area contributed by atoms with Crippen LogP contribution in [0.15, 0.2) is 30.3 Å². The zero-order chi connectivity index (χ0) is 27.7. The highest BCUT2D eigenvalue weighted by molar-refractivity contribution is 5.89. The van der Waals surface area contributed by atoms with Crippen LogP contribution in [0.4, 0.5) is 18.0 Å². The summed E-state index contributed by atoms with van der Waals surface area (Å²) in [6, 6.07) is 7.36. The molecule has 2 N–H and O–H groups in total. The Morgan fingerprint density at radius 1 is 0.947 bits per heavy atom. The van der Waals surface area contributed by atoms with E-state index in [1.807, 2.05) is 0 Å². The first-order valence-corrected chi connectivity index (χ1v) is 13.7. The van der Waals surface area contributed by atoms with Crippen LogP contribution in [0, 0.1) is 11.8 Å². The smallest absolute Gasteiger partial charge is 0.420 e. The van der Waals surface area contributed by atoms with Crippen molar-refractivity contribution in [3.05, 3.63) is 41.5 Å². The largest absolute Gasteiger partial charge is 0.490 e. The van der Waals surface area contributed by atoms with Gasteiger partial charge < -0.3 is 19.9 Å². The molecule has 2 fully saturated rings. The first-order chi connectivity index (χ1) is 17.7. The third-order valence-electron chi connectivity index (χ3n) is 7.94. The van der Waals surface area contributed by atoms with Crippen molar-refractivity contribution in [2.45, 2.75) is 103 Å². The lowest BCUT2D eigenvalue weighted by molar-refractivity contribution is -0.138. The lowest BCUT2D eigenvalue weighted by atomic mass is 9.78. The van der Waals surface area contributed by atoms with Crippen molar-refractivity contribution >= 4 is 16.9 Å². The van der Waals surface area contributed by atoms with E-state index in [0.29, 0.717) is 16.9 Å². The number of amides is 1. The van der Waals surface area contributed by atoms with Crippen LogP contribution in [0.1, 0.15) is 90.2 Å². The summed E-state index contributed by atoms with van der Waals surface area (Å²) in [5, 5.41) is 13.9. The summed E-state index contributed by atoms with van der Waals surface area (Å²) in [5.41, 5.74) is -2.61. The van der Waals surface area contributed by atoms with Gasteiger partial charge in [0.25, 0.3) is 0 Å². The van der Waals surface area contributed by atoms with Gasteiger partial charge in [0.05, 0.1) is 12.6 Å². The highest BCUT2D eigenvalue weighted by Crippen LogP contribution is 2.44. The Morgan fingerprint density at radius 2 is 1.58 bits per heavy atom. The zero-order valence-electron chi connectivity index (χ0n) is 22.8. The molecule has 1 amide bonds. The van der Waals surface area contributed by atoms with E-state index in [0.717, 1.165) is 31.6 Å². The molecule has 210 valence electrons. The van der Waals surface area contributed by atoms with Crippen molar-refractivity contribution in [2.24, 2.45) is 11.8 Å². The minimum absolute atomic E-state index is 0.0225. The summed E-state index contributed by atoms with van der Waals surface area (Å²) in [6.45, 7) is 6.52. The second kappa shape index (κ2) is 10.9. The van der Waals surface area contributed by atoms with Gasteiger partial charge in [-0.05, 0) is 93.7 Å². The SMILES string of the molecule is CC(C)(C)OC(=O)NCC(C)(O)c1ccc2c(C(F)(F)F)c(OC3CCC(C4CCCC4)CC3)ccc2c1. The molecule has 0 aromatic heterocycles. The molecule has 2 aliphatic carbocycles. The van der Waals surface area contributed by atoms with E-state index >= 15 is 0 Å². The van der Waals surface area contributed by atoms with Gasteiger partial charge in [-0.2, -0.15) is 13.2 Å². The summed E-state index contributed by atoms with van der Waals surface area (Å²) in [7, 11) is 0. The van der Waals surface area contributed by atoms with Crippen LogP contribution in [0.2, 0.25) is 0 Å². The maximum absolute atomic E-state index is 14.3. The molecule has 2 aromatic rings. The van der Waals surface area contributed by atoms with Gasteiger partial charge in [0.15, 0.2) is 0 Å². The molecular formula is C30H40F3NO4. The highest BCUT2D eigenvalue weighted by atomic mass is 19.4. The van der Waals surface area contributed by atoms with Gasteiger partial charge in [-0.1, -0.05) is 43.9 Å². The molecule has 0 heterocycles. The van der Waals surface area contributed by atoms with Gasteiger partial charge in [-0.25, -0.2) is 4.79 Å². The quantitative estimate of drug-likeness (QED) is 0.397. The number of benzene rings is 2. The summed E-state index contributed by atoms with van der Waals surface area (Å²) in [6.07, 6.45) is 3.25. The fourth-order valence-electron chi connectivity index (χ4n) is 5.98. The maximum Gasteiger partial charge on any atom is 0.420 e. The van der Waals surface area contributed by atoms with E-state index in [-0.39, 0.29) is 23.8 Å². The number of carbonyl (C=O) groups is 1. The molecule has 8 heteroatoms. The van der Waals surface area contributed by atoms with E-state index in [1.165, 1.54) is 56.9 Å². The fraction of sp³-hybridized carbons (Fsp3) is 0.633. The van der Waals surface area contributed by atoms with Crippen molar-refractivity contribution in [3.63, 3.8) is 0 Å². The molecular weight excluding hydrogens is 495 g/mol. The summed E-state index contributed by atoms with van der Waals surface area (Å²) < 4.78 is 54.1. The minimum atomic E-state index is -4.60. The molecule has 0 saturated heterocycles. The number of nitrogens with one attached hydrogen (secondary N) is 1. The predicted molar refractivity (Wildman–Crippen MR) is 141 cm³/mol. The Hall–Kier alpha value is -2.48. The number of carbonyl (C=O) groups excluding carboxylic acids is 1. The average molecular weight is 536 g/mol. The van der Waals surface area contributed by atoms with Crippen molar-refractivity contribution in [1.82, 2.24) is 5.32 Å². The standard InChI is InChI=1S/C30H40F3NO4/c1-28(2,3)38-27(35)34-18-29(4,36)22-12-15-24-21(17-22)11-16-25(26(24)30(31,32)33)37-23-13-9-20(10-14-23)19-7-5-6-8-19/h11-12,15-17,19-20,23,36H,5-10,13-14,18H2,1-4H3,(H,34,35). The van der Waals surface area contributed by atoms with E-state index < -0.39 is 29.0 Å². The topological polar surface area (TPSA) is 67.8 Å². The van der Waals surface area contributed by atoms with Crippen molar-refractivity contribution in [3.8, 4) is 5.75 Å². The molecule has 2 aliphatic rings. The average Bonchev–Trinajstić information content (AvgIpc) is 3.36. The second-order valence-corrected chi connectivity index (χ2v) is 12.2. The number of ether oxygens (including phenoxy) is 2. The summed E-state index contributed by atoms with van der Waals surface area (Å²) in [5.74, 6) is 1.31. The fourth-order valence-corrected chi connectivity index (χ4v) is 5.98. The molecule has 0 spiro atoms. The first-order valence-electron chi connectivity index (χ1n) is 13.7. The Kier molecular flexibility index (Phi) is 8.22. The van der Waals surface area contributed by atoms with E-state index in [4.69, 9.17) is 9.47 Å². The number of fused-ring (bicyclic) bond motifs is 1. The van der Waals surface area contributed by atoms with Crippen molar-refractivity contribution < 1.29 is 32.5 Å². The molecule has 1 atom stereocenters. The molecule has 5 nitrogen and oxygen atoms in total. The third kappa shape index (κ3) is 6.93. The van der Waals surface area contributed by atoms with E-state index in [2.05, 4.69) is 5.32 Å². The first kappa shape index (κ1) is 28.5. The third-order valence-corrected chi connectivity index (χ3v) is 7.94. The lowest BCUT2D eigenvalue weighted by Crippen LogP contribution is -2.41. The molecule has 0 aliphatic heterocycles. The molecule has 4 rings (SSSR count). The van der Waals surface area contributed by atoms with Crippen LogP contribution in [0.25, 0.3) is 10.8 Å². The lowest BCUT2D eigenvalue weighted by Gasteiger charge is -2.33.